The summed E-state index contributed by atoms with van der Waals surface area (Å²) in [7, 11) is 3.34. The van der Waals surface area contributed by atoms with Crippen LogP contribution in [-0.2, 0) is 16.0 Å². The number of carbonyl (C=O) groups is 1. The van der Waals surface area contributed by atoms with Crippen LogP contribution in [0.4, 0.5) is 0 Å². The van der Waals surface area contributed by atoms with Crippen molar-refractivity contribution in [2.45, 2.75) is 39.7 Å². The summed E-state index contributed by atoms with van der Waals surface area (Å²) < 4.78 is 10.6. The first-order valence-electron chi connectivity index (χ1n) is 8.05. The summed E-state index contributed by atoms with van der Waals surface area (Å²) in [5, 5.41) is 6.13. The van der Waals surface area contributed by atoms with Gasteiger partial charge in [-0.1, -0.05) is 12.1 Å². The third-order valence-corrected chi connectivity index (χ3v) is 3.22. The maximum absolute atomic E-state index is 11.7. The number of hydrogen-bond donors (Lipinski definition) is 2. The highest BCUT2D eigenvalue weighted by Crippen LogP contribution is 2.18. The van der Waals surface area contributed by atoms with Gasteiger partial charge in [0.15, 0.2) is 5.96 Å². The molecule has 0 fully saturated rings. The van der Waals surface area contributed by atoms with Crippen molar-refractivity contribution in [1.82, 2.24) is 10.6 Å². The average Bonchev–Trinajstić information content (AvgIpc) is 2.50. The standard InChI is InChI=1S/C18H29N3O3/c1-13-7-8-14(11-15(13)23-6)9-10-20-17(19-5)21-12-16(22)24-18(2,3)4/h7-8,11H,9-10,12H2,1-6H3,(H2,19,20,21). The number of aliphatic imine (C=N–C) groups is 1. The Morgan fingerprint density at radius 1 is 1.25 bits per heavy atom. The molecule has 0 aromatic heterocycles. The molecule has 1 rings (SSSR count). The number of rotatable bonds is 6. The molecule has 0 heterocycles. The molecular weight excluding hydrogens is 306 g/mol. The van der Waals surface area contributed by atoms with E-state index in [-0.39, 0.29) is 12.5 Å². The summed E-state index contributed by atoms with van der Waals surface area (Å²) in [6.45, 7) is 8.31. The molecule has 1 aromatic carbocycles. The van der Waals surface area contributed by atoms with Gasteiger partial charge in [0.25, 0.3) is 0 Å². The molecule has 0 bridgehead atoms. The van der Waals surface area contributed by atoms with Crippen molar-refractivity contribution in [3.63, 3.8) is 0 Å². The maximum atomic E-state index is 11.7. The molecule has 134 valence electrons. The van der Waals surface area contributed by atoms with Crippen LogP contribution < -0.4 is 15.4 Å². The average molecular weight is 335 g/mol. The van der Waals surface area contributed by atoms with Crippen LogP contribution in [0.1, 0.15) is 31.9 Å². The highest BCUT2D eigenvalue weighted by Gasteiger charge is 2.16. The van der Waals surface area contributed by atoms with Gasteiger partial charge >= 0.3 is 5.97 Å². The Hall–Kier alpha value is -2.24. The predicted octanol–water partition coefficient (Wildman–Crippen LogP) is 2.05. The number of guanidine groups is 1. The zero-order valence-electron chi connectivity index (χ0n) is 15.5. The van der Waals surface area contributed by atoms with Gasteiger partial charge in [-0.3, -0.25) is 9.79 Å². The Labute approximate surface area is 144 Å². The summed E-state index contributed by atoms with van der Waals surface area (Å²) in [5.41, 5.74) is 1.80. The molecule has 0 radical (unpaired) electrons. The molecule has 6 heteroatoms. The maximum Gasteiger partial charge on any atom is 0.325 e. The third kappa shape index (κ3) is 7.35. The molecule has 2 N–H and O–H groups in total. The minimum atomic E-state index is -0.486. The van der Waals surface area contributed by atoms with Crippen LogP contribution in [0, 0.1) is 6.92 Å². The molecule has 24 heavy (non-hydrogen) atoms. The highest BCUT2D eigenvalue weighted by atomic mass is 16.6. The normalized spacial score (nSPS) is 11.8. The monoisotopic (exact) mass is 335 g/mol. The SMILES string of the molecule is CN=C(NCCc1ccc(C)c(OC)c1)NCC(=O)OC(C)(C)C. The Bertz CT molecular complexity index is 577. The summed E-state index contributed by atoms with van der Waals surface area (Å²) in [4.78, 5) is 15.8. The predicted molar refractivity (Wildman–Crippen MR) is 96.6 cm³/mol. The van der Waals surface area contributed by atoms with Crippen LogP contribution in [0.3, 0.4) is 0 Å². The lowest BCUT2D eigenvalue weighted by molar-refractivity contribution is -0.153. The fourth-order valence-corrected chi connectivity index (χ4v) is 2.10. The van der Waals surface area contributed by atoms with Crippen LogP contribution in [0.5, 0.6) is 5.75 Å². The largest absolute Gasteiger partial charge is 0.496 e. The van der Waals surface area contributed by atoms with Gasteiger partial charge < -0.3 is 20.1 Å². The van der Waals surface area contributed by atoms with E-state index in [1.54, 1.807) is 14.2 Å². The number of nitrogens with zero attached hydrogens (tertiary/aromatic N) is 1. The number of hydrogen-bond acceptors (Lipinski definition) is 4. The summed E-state index contributed by atoms with van der Waals surface area (Å²) in [6.07, 6.45) is 0.823. The van der Waals surface area contributed by atoms with Gasteiger partial charge in [0.1, 0.15) is 17.9 Å². The van der Waals surface area contributed by atoms with Gasteiger partial charge in [0.05, 0.1) is 7.11 Å². The summed E-state index contributed by atoms with van der Waals surface area (Å²) in [5.74, 6) is 1.15. The van der Waals surface area contributed by atoms with Crippen LogP contribution in [0.2, 0.25) is 0 Å². The van der Waals surface area contributed by atoms with Gasteiger partial charge in [0.2, 0.25) is 0 Å². The molecule has 0 spiro atoms. The third-order valence-electron chi connectivity index (χ3n) is 3.22. The lowest BCUT2D eigenvalue weighted by Crippen LogP contribution is -2.42. The molecule has 0 saturated heterocycles. The van der Waals surface area contributed by atoms with Crippen LogP contribution in [0.15, 0.2) is 23.2 Å². The second kappa shape index (κ2) is 9.15. The zero-order valence-corrected chi connectivity index (χ0v) is 15.5. The number of aryl methyl sites for hydroxylation is 1. The van der Waals surface area contributed by atoms with E-state index in [0.717, 1.165) is 17.7 Å². The van der Waals surface area contributed by atoms with E-state index in [9.17, 15) is 4.79 Å². The fourth-order valence-electron chi connectivity index (χ4n) is 2.10. The van der Waals surface area contributed by atoms with Crippen molar-refractivity contribution in [2.24, 2.45) is 4.99 Å². The van der Waals surface area contributed by atoms with Crippen LogP contribution in [0.25, 0.3) is 0 Å². The quantitative estimate of drug-likeness (QED) is 0.473. The van der Waals surface area contributed by atoms with E-state index in [1.165, 1.54) is 5.56 Å². The first-order chi connectivity index (χ1) is 11.2. The summed E-state index contributed by atoms with van der Waals surface area (Å²) >= 11 is 0. The first-order valence-corrected chi connectivity index (χ1v) is 8.05. The first kappa shape index (κ1) is 19.8. The second-order valence-electron chi connectivity index (χ2n) is 6.49. The van der Waals surface area contributed by atoms with E-state index in [1.807, 2.05) is 39.8 Å². The van der Waals surface area contributed by atoms with Gasteiger partial charge in [-0.2, -0.15) is 0 Å². The Morgan fingerprint density at radius 2 is 1.96 bits per heavy atom. The van der Waals surface area contributed by atoms with Gasteiger partial charge in [0, 0.05) is 13.6 Å². The number of benzene rings is 1. The topological polar surface area (TPSA) is 72.0 Å². The Kier molecular flexibility index (Phi) is 7.55. The van der Waals surface area contributed by atoms with Crippen LogP contribution in [-0.4, -0.2) is 44.8 Å². The minimum Gasteiger partial charge on any atom is -0.496 e. The lowest BCUT2D eigenvalue weighted by Gasteiger charge is -2.20. The molecule has 0 atom stereocenters. The number of nitrogens with one attached hydrogen (secondary N) is 2. The van der Waals surface area contributed by atoms with Gasteiger partial charge in [-0.25, -0.2) is 0 Å². The van der Waals surface area contributed by atoms with E-state index < -0.39 is 5.60 Å². The van der Waals surface area contributed by atoms with E-state index >= 15 is 0 Å². The molecular formula is C18H29N3O3. The van der Waals surface area contributed by atoms with E-state index in [4.69, 9.17) is 9.47 Å². The minimum absolute atomic E-state index is 0.0787. The summed E-state index contributed by atoms with van der Waals surface area (Å²) in [6, 6.07) is 6.16. The molecule has 0 saturated carbocycles. The molecule has 1 aromatic rings. The van der Waals surface area contributed by atoms with Crippen LogP contribution >= 0.6 is 0 Å². The van der Waals surface area contributed by atoms with Crippen molar-refractivity contribution in [3.8, 4) is 5.75 Å². The van der Waals surface area contributed by atoms with Crippen molar-refractivity contribution in [3.05, 3.63) is 29.3 Å². The number of ether oxygens (including phenoxy) is 2. The van der Waals surface area contributed by atoms with E-state index in [0.29, 0.717) is 12.5 Å². The molecule has 0 amide bonds. The molecule has 0 unspecified atom stereocenters. The smallest absolute Gasteiger partial charge is 0.325 e. The fraction of sp³-hybridized carbons (Fsp3) is 0.556. The molecule has 0 aliphatic heterocycles. The molecule has 6 nitrogen and oxygen atoms in total. The second-order valence-corrected chi connectivity index (χ2v) is 6.49. The molecule has 0 aliphatic carbocycles. The van der Waals surface area contributed by atoms with E-state index in [2.05, 4.69) is 21.7 Å². The number of esters is 1. The van der Waals surface area contributed by atoms with Crippen molar-refractivity contribution in [1.29, 1.82) is 0 Å². The van der Waals surface area contributed by atoms with Crippen molar-refractivity contribution < 1.29 is 14.3 Å². The number of methoxy groups -OCH3 is 1. The highest BCUT2D eigenvalue weighted by molar-refractivity contribution is 5.84. The Balaban J connectivity index is 2.41. The van der Waals surface area contributed by atoms with Crippen molar-refractivity contribution in [2.75, 3.05) is 27.2 Å². The lowest BCUT2D eigenvalue weighted by atomic mass is 10.1. The molecule has 0 aliphatic rings. The van der Waals surface area contributed by atoms with Gasteiger partial charge in [-0.15, -0.1) is 0 Å². The zero-order chi connectivity index (χ0) is 18.2. The Morgan fingerprint density at radius 3 is 2.54 bits per heavy atom. The van der Waals surface area contributed by atoms with Crippen molar-refractivity contribution >= 4 is 11.9 Å². The number of carbonyl (C=O) groups excluding carboxylic acids is 1. The van der Waals surface area contributed by atoms with Gasteiger partial charge in [-0.05, 0) is 51.3 Å².